The summed E-state index contributed by atoms with van der Waals surface area (Å²) >= 11 is 0. The average Bonchev–Trinajstić information content (AvgIpc) is 1.19. The third kappa shape index (κ3) is 2780. The standard InChI is InChI=1S/C2H4F2.FHO3S/c1-2(3)4;1-5(2,3)4/h2H,1H3;(H,2,3,4). The lowest BCUT2D eigenvalue weighted by molar-refractivity contribution is 0.171. The van der Waals surface area contributed by atoms with Crippen molar-refractivity contribution < 1.29 is 25.6 Å². The smallest absolute Gasteiger partial charge is 0.260 e. The van der Waals surface area contributed by atoms with Gasteiger partial charge in [0.2, 0.25) is 6.43 Å². The molecule has 0 unspecified atom stereocenters. The highest BCUT2D eigenvalue weighted by molar-refractivity contribution is 7.80. The molecule has 0 saturated heterocycles. The van der Waals surface area contributed by atoms with E-state index in [1.54, 1.807) is 0 Å². The van der Waals surface area contributed by atoms with Crippen LogP contribution in [0.5, 0.6) is 0 Å². The second-order valence-corrected chi connectivity index (χ2v) is 1.76. The van der Waals surface area contributed by atoms with Gasteiger partial charge in [0.05, 0.1) is 0 Å². The highest BCUT2D eigenvalue weighted by Gasteiger charge is 1.89. The second-order valence-electron chi connectivity index (χ2n) is 0.931. The van der Waals surface area contributed by atoms with Crippen molar-refractivity contribution in [1.82, 2.24) is 0 Å². The summed E-state index contributed by atoms with van der Waals surface area (Å²) in [5.41, 5.74) is 0. The number of halogens is 3. The van der Waals surface area contributed by atoms with Crippen LogP contribution in [0.2, 0.25) is 0 Å². The molecule has 0 amide bonds. The Morgan fingerprint density at radius 3 is 1.44 bits per heavy atom. The van der Waals surface area contributed by atoms with Crippen LogP contribution in [-0.4, -0.2) is 19.4 Å². The van der Waals surface area contributed by atoms with Crippen LogP contribution in [0.25, 0.3) is 0 Å². The SMILES string of the molecule is CC(F)F.O=S(=O)(O)F. The molecule has 0 bridgehead atoms. The summed E-state index contributed by atoms with van der Waals surface area (Å²) in [5.74, 6) is 0. The molecule has 0 aromatic heterocycles. The Hall–Kier alpha value is -0.300. The van der Waals surface area contributed by atoms with Crippen molar-refractivity contribution in [3.63, 3.8) is 0 Å². The molecule has 0 aliphatic heterocycles. The van der Waals surface area contributed by atoms with Crippen LogP contribution < -0.4 is 0 Å². The van der Waals surface area contributed by atoms with Crippen LogP contribution >= 0.6 is 0 Å². The van der Waals surface area contributed by atoms with Gasteiger partial charge < -0.3 is 0 Å². The summed E-state index contributed by atoms with van der Waals surface area (Å²) in [5, 5.41) is 0. The maximum Gasteiger partial charge on any atom is 0.435 e. The lowest BCUT2D eigenvalue weighted by atomic mass is 10.9. The Bertz CT molecular complexity index is 128. The highest BCUT2D eigenvalue weighted by atomic mass is 32.3. The fourth-order valence-corrected chi connectivity index (χ4v) is 0. The van der Waals surface area contributed by atoms with E-state index in [0.717, 1.165) is 6.92 Å². The molecule has 7 heteroatoms. The predicted molar refractivity (Wildman–Crippen MR) is 24.3 cm³/mol. The first kappa shape index (κ1) is 11.5. The molecule has 0 spiro atoms. The lowest BCUT2D eigenvalue weighted by Crippen LogP contribution is -1.80. The topological polar surface area (TPSA) is 54.4 Å². The van der Waals surface area contributed by atoms with Crippen molar-refractivity contribution in [1.29, 1.82) is 0 Å². The number of alkyl halides is 2. The maximum atomic E-state index is 10.3. The number of hydrogen-bond acceptors (Lipinski definition) is 2. The molecule has 0 aromatic rings. The van der Waals surface area contributed by atoms with Crippen molar-refractivity contribution in [2.45, 2.75) is 13.3 Å². The van der Waals surface area contributed by atoms with E-state index in [-0.39, 0.29) is 0 Å². The van der Waals surface area contributed by atoms with E-state index in [2.05, 4.69) is 0 Å². The first-order valence-corrected chi connectivity index (χ1v) is 3.02. The van der Waals surface area contributed by atoms with Gasteiger partial charge in [-0.05, 0) is 6.92 Å². The van der Waals surface area contributed by atoms with Crippen LogP contribution in [-0.2, 0) is 10.5 Å². The van der Waals surface area contributed by atoms with Crippen LogP contribution in [0.4, 0.5) is 12.7 Å². The van der Waals surface area contributed by atoms with E-state index in [4.69, 9.17) is 13.0 Å². The van der Waals surface area contributed by atoms with Gasteiger partial charge in [-0.3, -0.25) is 4.55 Å². The zero-order valence-corrected chi connectivity index (χ0v) is 5.20. The maximum absolute atomic E-state index is 10.3. The van der Waals surface area contributed by atoms with Gasteiger partial charge in [-0.2, -0.15) is 8.42 Å². The molecule has 0 fully saturated rings. The van der Waals surface area contributed by atoms with E-state index in [1.807, 2.05) is 0 Å². The molecule has 0 atom stereocenters. The third-order valence-corrected chi connectivity index (χ3v) is 0. The highest BCUT2D eigenvalue weighted by Crippen LogP contribution is 1.82. The van der Waals surface area contributed by atoms with Gasteiger partial charge in [0.1, 0.15) is 0 Å². The number of rotatable bonds is 0. The molecule has 3 nitrogen and oxygen atoms in total. The molecule has 0 saturated carbocycles. The van der Waals surface area contributed by atoms with E-state index < -0.39 is 16.9 Å². The number of hydrogen-bond donors (Lipinski definition) is 1. The molecule has 0 radical (unpaired) electrons. The first-order valence-electron chi connectivity index (χ1n) is 1.68. The van der Waals surface area contributed by atoms with Crippen molar-refractivity contribution in [3.8, 4) is 0 Å². The minimum Gasteiger partial charge on any atom is -0.260 e. The van der Waals surface area contributed by atoms with E-state index in [1.165, 1.54) is 0 Å². The minimum absolute atomic E-state index is 0.833. The second kappa shape index (κ2) is 4.57. The molecule has 0 rings (SSSR count). The van der Waals surface area contributed by atoms with Crippen LogP contribution in [0, 0.1) is 0 Å². The normalized spacial score (nSPS) is 10.4. The molecule has 0 aliphatic carbocycles. The van der Waals surface area contributed by atoms with E-state index in [0.29, 0.717) is 0 Å². The van der Waals surface area contributed by atoms with Crippen molar-refractivity contribution in [3.05, 3.63) is 0 Å². The van der Waals surface area contributed by atoms with Gasteiger partial charge in [-0.15, -0.1) is 0 Å². The summed E-state index contributed by atoms with van der Waals surface area (Å²) in [4.78, 5) is 0. The molecule has 58 valence electrons. The zero-order chi connectivity index (χ0) is 8.08. The minimum atomic E-state index is -5.17. The quantitative estimate of drug-likeness (QED) is 0.432. The van der Waals surface area contributed by atoms with E-state index in [9.17, 15) is 12.7 Å². The summed E-state index contributed by atoms with van der Waals surface area (Å²) in [6.45, 7) is 0.833. The van der Waals surface area contributed by atoms with Gasteiger partial charge in [0.25, 0.3) is 0 Å². The Kier molecular flexibility index (Phi) is 5.83. The molecule has 0 heterocycles. The van der Waals surface area contributed by atoms with E-state index >= 15 is 0 Å². The van der Waals surface area contributed by atoms with Crippen molar-refractivity contribution >= 4 is 10.5 Å². The fraction of sp³-hybridized carbons (Fsp3) is 1.00. The van der Waals surface area contributed by atoms with Crippen LogP contribution in [0.1, 0.15) is 6.92 Å². The third-order valence-electron chi connectivity index (χ3n) is 0. The Balaban J connectivity index is 0. The predicted octanol–water partition coefficient (Wildman–Crippen LogP) is 1.03. The van der Waals surface area contributed by atoms with Crippen molar-refractivity contribution in [2.24, 2.45) is 0 Å². The molecule has 9 heavy (non-hydrogen) atoms. The summed E-state index contributed by atoms with van der Waals surface area (Å²) in [6.07, 6.45) is -2.17. The Morgan fingerprint density at radius 1 is 1.44 bits per heavy atom. The van der Waals surface area contributed by atoms with Gasteiger partial charge in [-0.25, -0.2) is 8.78 Å². The summed E-state index contributed by atoms with van der Waals surface area (Å²) in [6, 6.07) is 0. The Labute approximate surface area is 50.5 Å². The molecular formula is C2H5F3O3S. The fourth-order valence-electron chi connectivity index (χ4n) is 0. The van der Waals surface area contributed by atoms with Gasteiger partial charge in [-0.1, -0.05) is 3.89 Å². The van der Waals surface area contributed by atoms with Crippen LogP contribution in [0.15, 0.2) is 0 Å². The molecule has 0 aliphatic rings. The van der Waals surface area contributed by atoms with Gasteiger partial charge >= 0.3 is 10.5 Å². The monoisotopic (exact) mass is 166 g/mol. The average molecular weight is 166 g/mol. The Morgan fingerprint density at radius 2 is 1.44 bits per heavy atom. The zero-order valence-electron chi connectivity index (χ0n) is 4.38. The lowest BCUT2D eigenvalue weighted by Gasteiger charge is -1.70. The molecule has 1 N–H and O–H groups in total. The van der Waals surface area contributed by atoms with Gasteiger partial charge in [0, 0.05) is 0 Å². The summed E-state index contributed by atoms with van der Waals surface area (Å²) in [7, 11) is -5.17. The molecular weight excluding hydrogens is 161 g/mol. The first-order chi connectivity index (χ1) is 3.73. The van der Waals surface area contributed by atoms with Gasteiger partial charge in [0.15, 0.2) is 0 Å². The summed E-state index contributed by atoms with van der Waals surface area (Å²) < 4.78 is 54.8. The largest absolute Gasteiger partial charge is 0.435 e. The van der Waals surface area contributed by atoms with Crippen molar-refractivity contribution in [2.75, 3.05) is 0 Å². The van der Waals surface area contributed by atoms with Crippen LogP contribution in [0.3, 0.4) is 0 Å². The molecule has 0 aromatic carbocycles.